The highest BCUT2D eigenvalue weighted by atomic mass is 16.5. The van der Waals surface area contributed by atoms with Gasteiger partial charge >= 0.3 is 17.7 Å². The van der Waals surface area contributed by atoms with Gasteiger partial charge < -0.3 is 20.6 Å². The number of nitrogens with one attached hydrogen (secondary N) is 1. The molecule has 1 unspecified atom stereocenters. The number of hydrogen-bond donors (Lipinski definition) is 3. The van der Waals surface area contributed by atoms with Gasteiger partial charge in [-0.2, -0.15) is 9.97 Å². The molecule has 3 aromatic rings. The number of anilines is 1. The number of aromatic amines is 1. The first-order chi connectivity index (χ1) is 13.9. The zero-order valence-electron chi connectivity index (χ0n) is 16.5. The standard InChI is InChI=1S/C20H25N5O4/c1-3-4-8-29-19-23-16(21)15-17(24-19)25(20(28)22-15)11-14-7-5-6-13(10-14)9-12(2)18(26)27/h5-7,10,12H,3-4,8-9,11H2,1-2H3,(H,22,28)(H,26,27)(H2,21,23,24). The van der Waals surface area contributed by atoms with Gasteiger partial charge in [0.1, 0.15) is 5.52 Å². The first-order valence-electron chi connectivity index (χ1n) is 9.58. The van der Waals surface area contributed by atoms with Crippen LogP contribution in [0.4, 0.5) is 5.82 Å². The van der Waals surface area contributed by atoms with Crippen molar-refractivity contribution in [2.24, 2.45) is 5.92 Å². The summed E-state index contributed by atoms with van der Waals surface area (Å²) in [6, 6.07) is 7.64. The third kappa shape index (κ3) is 4.74. The van der Waals surface area contributed by atoms with Crippen LogP contribution in [-0.2, 0) is 17.8 Å². The molecule has 0 fully saturated rings. The van der Waals surface area contributed by atoms with E-state index in [9.17, 15) is 9.59 Å². The van der Waals surface area contributed by atoms with E-state index in [4.69, 9.17) is 15.6 Å². The van der Waals surface area contributed by atoms with E-state index >= 15 is 0 Å². The number of rotatable bonds is 9. The van der Waals surface area contributed by atoms with Crippen molar-refractivity contribution >= 4 is 23.0 Å². The summed E-state index contributed by atoms with van der Waals surface area (Å²) >= 11 is 0. The summed E-state index contributed by atoms with van der Waals surface area (Å²) in [6.07, 6.45) is 2.25. The van der Waals surface area contributed by atoms with Crippen LogP contribution in [0.15, 0.2) is 29.1 Å². The average Bonchev–Trinajstić information content (AvgIpc) is 2.98. The van der Waals surface area contributed by atoms with Crippen LogP contribution in [0.2, 0.25) is 0 Å². The number of carboxylic acid groups (broad SMARTS) is 1. The van der Waals surface area contributed by atoms with Crippen LogP contribution in [0.1, 0.15) is 37.8 Å². The quantitative estimate of drug-likeness (QED) is 0.469. The molecule has 2 aromatic heterocycles. The SMILES string of the molecule is CCCCOc1nc(N)c2[nH]c(=O)n(Cc3cccc(CC(C)C(=O)O)c3)c2n1. The minimum absolute atomic E-state index is 0.139. The maximum atomic E-state index is 12.5. The molecule has 2 heterocycles. The highest BCUT2D eigenvalue weighted by molar-refractivity contribution is 5.82. The van der Waals surface area contributed by atoms with E-state index in [2.05, 4.69) is 21.9 Å². The van der Waals surface area contributed by atoms with Crippen molar-refractivity contribution in [3.8, 4) is 6.01 Å². The summed E-state index contributed by atoms with van der Waals surface area (Å²) in [5.41, 5.74) is 8.11. The predicted octanol–water partition coefficient (Wildman–Crippen LogP) is 2.19. The van der Waals surface area contributed by atoms with Gasteiger partial charge in [-0.25, -0.2) is 4.79 Å². The Kier molecular flexibility index (Phi) is 6.16. The second-order valence-corrected chi connectivity index (χ2v) is 7.07. The molecule has 0 aliphatic carbocycles. The molecule has 0 bridgehead atoms. The molecule has 1 atom stereocenters. The number of carbonyl (C=O) groups is 1. The Morgan fingerprint density at radius 1 is 1.34 bits per heavy atom. The first-order valence-corrected chi connectivity index (χ1v) is 9.58. The van der Waals surface area contributed by atoms with Crippen LogP contribution in [0.5, 0.6) is 6.01 Å². The number of unbranched alkanes of at least 4 members (excludes halogenated alkanes) is 1. The maximum Gasteiger partial charge on any atom is 0.328 e. The normalized spacial score (nSPS) is 12.2. The van der Waals surface area contributed by atoms with E-state index in [0.717, 1.165) is 24.0 Å². The molecule has 0 aliphatic rings. The van der Waals surface area contributed by atoms with Gasteiger partial charge in [0, 0.05) is 0 Å². The summed E-state index contributed by atoms with van der Waals surface area (Å²) in [5, 5.41) is 9.12. The third-order valence-electron chi connectivity index (χ3n) is 4.65. The number of ether oxygens (including phenoxy) is 1. The van der Waals surface area contributed by atoms with Crippen LogP contribution in [0.3, 0.4) is 0 Å². The monoisotopic (exact) mass is 399 g/mol. The van der Waals surface area contributed by atoms with Crippen molar-refractivity contribution in [2.45, 2.75) is 39.7 Å². The summed E-state index contributed by atoms with van der Waals surface area (Å²) in [4.78, 5) is 34.7. The molecule has 0 aliphatic heterocycles. The molecule has 0 saturated carbocycles. The van der Waals surface area contributed by atoms with E-state index in [-0.39, 0.29) is 24.1 Å². The van der Waals surface area contributed by atoms with Crippen LogP contribution in [-0.4, -0.2) is 37.2 Å². The maximum absolute atomic E-state index is 12.5. The molecule has 1 aromatic carbocycles. The molecule has 4 N–H and O–H groups in total. The van der Waals surface area contributed by atoms with Gasteiger partial charge in [-0.15, -0.1) is 0 Å². The summed E-state index contributed by atoms with van der Waals surface area (Å²) in [5.74, 6) is -1.18. The summed E-state index contributed by atoms with van der Waals surface area (Å²) in [6.45, 7) is 4.45. The summed E-state index contributed by atoms with van der Waals surface area (Å²) in [7, 11) is 0. The van der Waals surface area contributed by atoms with Crippen molar-refractivity contribution in [2.75, 3.05) is 12.3 Å². The van der Waals surface area contributed by atoms with Gasteiger partial charge in [0.2, 0.25) is 0 Å². The molecular weight excluding hydrogens is 374 g/mol. The molecule has 29 heavy (non-hydrogen) atoms. The fraction of sp³-hybridized carbons (Fsp3) is 0.400. The number of H-pyrrole nitrogens is 1. The van der Waals surface area contributed by atoms with Gasteiger partial charge in [-0.1, -0.05) is 44.5 Å². The molecular formula is C20H25N5O4. The van der Waals surface area contributed by atoms with Gasteiger partial charge in [0.05, 0.1) is 19.1 Å². The second kappa shape index (κ2) is 8.76. The van der Waals surface area contributed by atoms with Crippen molar-refractivity contribution in [3.05, 3.63) is 45.9 Å². The van der Waals surface area contributed by atoms with Crippen molar-refractivity contribution in [3.63, 3.8) is 0 Å². The van der Waals surface area contributed by atoms with Crippen molar-refractivity contribution in [1.82, 2.24) is 19.5 Å². The number of carboxylic acids is 1. The number of aliphatic carboxylic acids is 1. The smallest absolute Gasteiger partial charge is 0.328 e. The molecule has 0 saturated heterocycles. The Bertz CT molecular complexity index is 1070. The Morgan fingerprint density at radius 3 is 2.83 bits per heavy atom. The highest BCUT2D eigenvalue weighted by Crippen LogP contribution is 2.19. The first kappa shape index (κ1) is 20.4. The van der Waals surface area contributed by atoms with Crippen molar-refractivity contribution < 1.29 is 14.6 Å². The number of nitrogens with two attached hydrogens (primary N) is 1. The molecule has 9 heteroatoms. The highest BCUT2D eigenvalue weighted by Gasteiger charge is 2.16. The molecule has 9 nitrogen and oxygen atoms in total. The lowest BCUT2D eigenvalue weighted by atomic mass is 10.00. The van der Waals surface area contributed by atoms with Gasteiger partial charge in [-0.3, -0.25) is 9.36 Å². The molecule has 0 amide bonds. The van der Waals surface area contributed by atoms with Gasteiger partial charge in [-0.05, 0) is 24.0 Å². The lowest BCUT2D eigenvalue weighted by Crippen LogP contribution is -2.18. The molecule has 3 rings (SSSR count). The minimum atomic E-state index is -0.842. The van der Waals surface area contributed by atoms with Crippen LogP contribution < -0.4 is 16.2 Å². The summed E-state index contributed by atoms with van der Waals surface area (Å²) < 4.78 is 7.02. The molecule has 0 spiro atoms. The lowest BCUT2D eigenvalue weighted by molar-refractivity contribution is -0.141. The Morgan fingerprint density at radius 2 is 2.10 bits per heavy atom. The Labute approximate surface area is 167 Å². The van der Waals surface area contributed by atoms with Crippen LogP contribution in [0.25, 0.3) is 11.2 Å². The number of benzene rings is 1. The number of fused-ring (bicyclic) bond motifs is 1. The number of imidazole rings is 1. The largest absolute Gasteiger partial charge is 0.481 e. The molecule has 154 valence electrons. The van der Waals surface area contributed by atoms with E-state index in [1.165, 1.54) is 4.57 Å². The zero-order valence-corrected chi connectivity index (χ0v) is 16.5. The number of aromatic nitrogens is 4. The number of hydrogen-bond acceptors (Lipinski definition) is 6. The Balaban J connectivity index is 1.90. The third-order valence-corrected chi connectivity index (χ3v) is 4.65. The van der Waals surface area contributed by atoms with E-state index in [1.54, 1.807) is 6.92 Å². The van der Waals surface area contributed by atoms with Crippen LogP contribution in [0, 0.1) is 5.92 Å². The number of nitrogens with zero attached hydrogens (tertiary/aromatic N) is 3. The topological polar surface area (TPSA) is 136 Å². The fourth-order valence-electron chi connectivity index (χ4n) is 3.03. The van der Waals surface area contributed by atoms with Crippen LogP contribution >= 0.6 is 0 Å². The van der Waals surface area contributed by atoms with E-state index in [0.29, 0.717) is 24.2 Å². The minimum Gasteiger partial charge on any atom is -0.481 e. The fourth-order valence-corrected chi connectivity index (χ4v) is 3.03. The second-order valence-electron chi connectivity index (χ2n) is 7.07. The zero-order chi connectivity index (χ0) is 21.0. The van der Waals surface area contributed by atoms with E-state index in [1.807, 2.05) is 24.3 Å². The lowest BCUT2D eigenvalue weighted by Gasteiger charge is -2.09. The molecule has 0 radical (unpaired) electrons. The predicted molar refractivity (Wildman–Crippen MR) is 109 cm³/mol. The Hall–Kier alpha value is -3.36. The van der Waals surface area contributed by atoms with E-state index < -0.39 is 11.9 Å². The van der Waals surface area contributed by atoms with Gasteiger partial charge in [0.25, 0.3) is 0 Å². The van der Waals surface area contributed by atoms with Crippen molar-refractivity contribution in [1.29, 1.82) is 0 Å². The average molecular weight is 399 g/mol. The van der Waals surface area contributed by atoms with Gasteiger partial charge in [0.15, 0.2) is 11.5 Å². The number of nitrogen functional groups attached to an aromatic ring is 1.